The van der Waals surface area contributed by atoms with E-state index < -0.39 is 0 Å². The van der Waals surface area contributed by atoms with Crippen molar-refractivity contribution >= 4 is 23.2 Å². The summed E-state index contributed by atoms with van der Waals surface area (Å²) in [6.45, 7) is 0.273. The van der Waals surface area contributed by atoms with E-state index >= 15 is 0 Å². The molecule has 2 N–H and O–H groups in total. The van der Waals surface area contributed by atoms with E-state index in [-0.39, 0.29) is 31.0 Å². The van der Waals surface area contributed by atoms with Crippen molar-refractivity contribution in [2.75, 3.05) is 33.9 Å². The zero-order valence-electron chi connectivity index (χ0n) is 11.7. The molecule has 0 aromatic carbocycles. The molecule has 0 saturated carbocycles. The number of carbonyl (C=O) groups is 2. The lowest BCUT2D eigenvalue weighted by atomic mass is 10.2. The molecule has 2 amide bonds. The van der Waals surface area contributed by atoms with Crippen LogP contribution in [0, 0.1) is 0 Å². The van der Waals surface area contributed by atoms with Crippen molar-refractivity contribution in [1.82, 2.24) is 10.2 Å². The molecule has 1 rings (SSSR count). The van der Waals surface area contributed by atoms with Crippen LogP contribution < -0.4 is 5.32 Å². The van der Waals surface area contributed by atoms with Crippen LogP contribution in [0.5, 0.6) is 0 Å². The van der Waals surface area contributed by atoms with E-state index in [0.29, 0.717) is 17.9 Å². The van der Waals surface area contributed by atoms with Gasteiger partial charge in [0.1, 0.15) is 0 Å². The first-order valence-electron chi connectivity index (χ1n) is 6.26. The molecule has 6 nitrogen and oxygen atoms in total. The Morgan fingerprint density at radius 1 is 1.55 bits per heavy atom. The Morgan fingerprint density at radius 3 is 2.85 bits per heavy atom. The Hall–Kier alpha value is -1.44. The second-order valence-corrected chi connectivity index (χ2v) is 5.32. The van der Waals surface area contributed by atoms with Crippen LogP contribution in [0.1, 0.15) is 16.1 Å². The fourth-order valence-corrected chi connectivity index (χ4v) is 2.42. The average Bonchev–Trinajstić information content (AvgIpc) is 2.92. The first-order chi connectivity index (χ1) is 9.58. The molecule has 0 saturated heterocycles. The van der Waals surface area contributed by atoms with Crippen molar-refractivity contribution in [3.8, 4) is 0 Å². The second-order valence-electron chi connectivity index (χ2n) is 4.37. The lowest BCUT2D eigenvalue weighted by Gasteiger charge is -2.20. The Labute approximate surface area is 122 Å². The quantitative estimate of drug-likeness (QED) is 0.725. The Balaban J connectivity index is 2.46. The standard InChI is InChI=1S/C13H20N2O4S/c1-15(13(18)11-4-3-7-20-11)8-12(17)14-10(5-6-16)9-19-2/h3-4,7,10,16H,5-6,8-9H2,1-2H3,(H,14,17). The number of aliphatic hydroxyl groups is 1. The van der Waals surface area contributed by atoms with Crippen molar-refractivity contribution in [2.24, 2.45) is 0 Å². The van der Waals surface area contributed by atoms with Crippen molar-refractivity contribution in [3.63, 3.8) is 0 Å². The zero-order chi connectivity index (χ0) is 15.0. The summed E-state index contributed by atoms with van der Waals surface area (Å²) in [5, 5.41) is 13.5. The lowest BCUT2D eigenvalue weighted by Crippen LogP contribution is -2.44. The van der Waals surface area contributed by atoms with E-state index in [1.54, 1.807) is 19.2 Å². The van der Waals surface area contributed by atoms with E-state index in [1.807, 2.05) is 5.38 Å². The molecule has 1 aromatic heterocycles. The summed E-state index contributed by atoms with van der Waals surface area (Å²) < 4.78 is 4.96. The highest BCUT2D eigenvalue weighted by Crippen LogP contribution is 2.10. The SMILES string of the molecule is COCC(CCO)NC(=O)CN(C)C(=O)c1cccs1. The Kier molecular flexibility index (Phi) is 7.21. The summed E-state index contributed by atoms with van der Waals surface area (Å²) in [4.78, 5) is 25.8. The molecule has 0 aliphatic heterocycles. The number of methoxy groups -OCH3 is 1. The van der Waals surface area contributed by atoms with Crippen LogP contribution in [0.15, 0.2) is 17.5 Å². The fraction of sp³-hybridized carbons (Fsp3) is 0.538. The van der Waals surface area contributed by atoms with Crippen molar-refractivity contribution in [3.05, 3.63) is 22.4 Å². The van der Waals surface area contributed by atoms with Crippen LogP contribution in [-0.4, -0.2) is 61.8 Å². The van der Waals surface area contributed by atoms with Gasteiger partial charge in [0.2, 0.25) is 5.91 Å². The summed E-state index contributed by atoms with van der Waals surface area (Å²) in [7, 11) is 3.11. The van der Waals surface area contributed by atoms with Crippen LogP contribution in [0.3, 0.4) is 0 Å². The molecule has 0 spiro atoms. The number of hydrogen-bond acceptors (Lipinski definition) is 5. The van der Waals surface area contributed by atoms with Gasteiger partial charge >= 0.3 is 0 Å². The molecule has 20 heavy (non-hydrogen) atoms. The molecule has 1 atom stereocenters. The van der Waals surface area contributed by atoms with Gasteiger partial charge in [0, 0.05) is 20.8 Å². The highest BCUT2D eigenvalue weighted by molar-refractivity contribution is 7.12. The number of rotatable bonds is 8. The van der Waals surface area contributed by atoms with E-state index in [4.69, 9.17) is 9.84 Å². The van der Waals surface area contributed by atoms with Crippen LogP contribution in [0.25, 0.3) is 0 Å². The normalized spacial score (nSPS) is 11.9. The molecule has 0 fully saturated rings. The minimum atomic E-state index is -0.270. The van der Waals surface area contributed by atoms with Gasteiger partial charge in [-0.3, -0.25) is 9.59 Å². The number of nitrogens with one attached hydrogen (secondary N) is 1. The molecular weight excluding hydrogens is 280 g/mol. The number of nitrogens with zero attached hydrogens (tertiary/aromatic N) is 1. The summed E-state index contributed by atoms with van der Waals surface area (Å²) in [5.74, 6) is -0.450. The number of amides is 2. The summed E-state index contributed by atoms with van der Waals surface area (Å²) in [6, 6.07) is 3.27. The minimum Gasteiger partial charge on any atom is -0.396 e. The maximum atomic E-state index is 12.0. The average molecular weight is 300 g/mol. The molecule has 0 bridgehead atoms. The third-order valence-electron chi connectivity index (χ3n) is 2.67. The van der Waals surface area contributed by atoms with Gasteiger partial charge in [-0.15, -0.1) is 11.3 Å². The van der Waals surface area contributed by atoms with Gasteiger partial charge in [-0.25, -0.2) is 0 Å². The molecule has 1 heterocycles. The number of ether oxygens (including phenoxy) is 1. The largest absolute Gasteiger partial charge is 0.396 e. The molecule has 7 heteroatoms. The first kappa shape index (κ1) is 16.6. The van der Waals surface area contributed by atoms with Gasteiger partial charge in [0.15, 0.2) is 0 Å². The topological polar surface area (TPSA) is 78.9 Å². The third kappa shape index (κ3) is 5.28. The second kappa shape index (κ2) is 8.68. The maximum Gasteiger partial charge on any atom is 0.264 e. The van der Waals surface area contributed by atoms with Crippen molar-refractivity contribution in [1.29, 1.82) is 0 Å². The number of carbonyl (C=O) groups excluding carboxylic acids is 2. The Morgan fingerprint density at radius 2 is 2.30 bits per heavy atom. The maximum absolute atomic E-state index is 12.0. The van der Waals surface area contributed by atoms with Crippen LogP contribution in [0.2, 0.25) is 0 Å². The van der Waals surface area contributed by atoms with Gasteiger partial charge < -0.3 is 20.1 Å². The van der Waals surface area contributed by atoms with E-state index in [1.165, 1.54) is 23.3 Å². The molecule has 1 unspecified atom stereocenters. The van der Waals surface area contributed by atoms with Crippen LogP contribution in [0.4, 0.5) is 0 Å². The highest BCUT2D eigenvalue weighted by Gasteiger charge is 2.17. The summed E-state index contributed by atoms with van der Waals surface area (Å²) in [6.07, 6.45) is 0.419. The predicted octanol–water partition coefficient (Wildman–Crippen LogP) is 0.334. The van der Waals surface area contributed by atoms with Gasteiger partial charge in [-0.2, -0.15) is 0 Å². The lowest BCUT2D eigenvalue weighted by molar-refractivity contribution is -0.122. The van der Waals surface area contributed by atoms with Gasteiger partial charge in [0.25, 0.3) is 5.91 Å². The van der Waals surface area contributed by atoms with E-state index in [9.17, 15) is 9.59 Å². The van der Waals surface area contributed by atoms with Gasteiger partial charge in [-0.1, -0.05) is 6.07 Å². The fourth-order valence-electron chi connectivity index (χ4n) is 1.70. The van der Waals surface area contributed by atoms with E-state index in [2.05, 4.69) is 5.32 Å². The first-order valence-corrected chi connectivity index (χ1v) is 7.14. The summed E-state index contributed by atoms with van der Waals surface area (Å²) in [5.41, 5.74) is 0. The van der Waals surface area contributed by atoms with Gasteiger partial charge in [-0.05, 0) is 17.9 Å². The van der Waals surface area contributed by atoms with Crippen LogP contribution in [-0.2, 0) is 9.53 Å². The minimum absolute atomic E-state index is 0.0254. The smallest absolute Gasteiger partial charge is 0.264 e. The highest BCUT2D eigenvalue weighted by atomic mass is 32.1. The molecular formula is C13H20N2O4S. The zero-order valence-corrected chi connectivity index (χ0v) is 12.5. The summed E-state index contributed by atoms with van der Waals surface area (Å²) >= 11 is 1.34. The van der Waals surface area contributed by atoms with Crippen molar-refractivity contribution in [2.45, 2.75) is 12.5 Å². The number of hydrogen-bond donors (Lipinski definition) is 2. The van der Waals surface area contributed by atoms with E-state index in [0.717, 1.165) is 0 Å². The van der Waals surface area contributed by atoms with Crippen LogP contribution >= 0.6 is 11.3 Å². The number of likely N-dealkylation sites (N-methyl/N-ethyl adjacent to an activating group) is 1. The number of thiophene rings is 1. The molecule has 0 aliphatic carbocycles. The third-order valence-corrected chi connectivity index (χ3v) is 3.53. The Bertz CT molecular complexity index is 416. The molecule has 112 valence electrons. The monoisotopic (exact) mass is 300 g/mol. The predicted molar refractivity (Wildman–Crippen MR) is 76.8 cm³/mol. The molecule has 0 aliphatic rings. The molecule has 0 radical (unpaired) electrons. The van der Waals surface area contributed by atoms with Crippen molar-refractivity contribution < 1.29 is 19.4 Å². The van der Waals surface area contributed by atoms with Gasteiger partial charge in [0.05, 0.1) is 24.1 Å². The number of aliphatic hydroxyl groups excluding tert-OH is 1. The molecule has 1 aromatic rings.